The van der Waals surface area contributed by atoms with E-state index in [9.17, 15) is 17.6 Å². The molecule has 1 aromatic heterocycles. The van der Waals surface area contributed by atoms with Crippen LogP contribution in [-0.2, 0) is 14.6 Å². The van der Waals surface area contributed by atoms with Gasteiger partial charge in [-0.25, -0.2) is 12.8 Å². The second-order valence-electron chi connectivity index (χ2n) is 4.02. The lowest BCUT2D eigenvalue weighted by Gasteiger charge is -1.95. The van der Waals surface area contributed by atoms with E-state index in [0.29, 0.717) is 5.56 Å². The molecule has 7 nitrogen and oxygen atoms in total. The second-order valence-corrected chi connectivity index (χ2v) is 5.91. The van der Waals surface area contributed by atoms with E-state index < -0.39 is 21.0 Å². The molecule has 0 radical (unpaired) electrons. The third kappa shape index (κ3) is 4.21. The number of benzene rings is 1. The molecule has 2 aromatic rings. The van der Waals surface area contributed by atoms with Gasteiger partial charge in [0.2, 0.25) is 9.84 Å². The summed E-state index contributed by atoms with van der Waals surface area (Å²) in [5.41, 5.74) is 0.619. The average Bonchev–Trinajstić information content (AvgIpc) is 2.86. The highest BCUT2D eigenvalue weighted by Crippen LogP contribution is 2.11. The molecule has 0 spiro atoms. The monoisotopic (exact) mass is 311 g/mol. The molecule has 2 rings (SSSR count). The van der Waals surface area contributed by atoms with Crippen molar-refractivity contribution in [2.24, 2.45) is 0 Å². The number of rotatable bonds is 4. The quantitative estimate of drug-likeness (QED) is 0.853. The highest BCUT2D eigenvalue weighted by Gasteiger charge is 2.17. The fourth-order valence-electron chi connectivity index (χ4n) is 1.30. The minimum Gasteiger partial charge on any atom is -0.394 e. The van der Waals surface area contributed by atoms with Gasteiger partial charge in [0.25, 0.3) is 5.91 Å². The van der Waals surface area contributed by atoms with Gasteiger partial charge >= 0.3 is 11.2 Å². The zero-order valence-electron chi connectivity index (χ0n) is 10.8. The van der Waals surface area contributed by atoms with Crippen LogP contribution in [0.25, 0.3) is 6.08 Å². The summed E-state index contributed by atoms with van der Waals surface area (Å²) in [6, 6.07) is 5.17. The number of nitrogens with zero attached hydrogens (tertiary/aromatic N) is 2. The van der Waals surface area contributed by atoms with Gasteiger partial charge in [-0.15, -0.1) is 0 Å². The van der Waals surface area contributed by atoms with Crippen molar-refractivity contribution in [2.75, 3.05) is 11.6 Å². The number of sulfone groups is 1. The van der Waals surface area contributed by atoms with Gasteiger partial charge in [0.05, 0.1) is 0 Å². The molecule has 0 atom stereocenters. The van der Waals surface area contributed by atoms with Gasteiger partial charge in [-0.1, -0.05) is 22.3 Å². The molecule has 0 aliphatic heterocycles. The van der Waals surface area contributed by atoms with Gasteiger partial charge in [0.15, 0.2) is 0 Å². The number of aromatic nitrogens is 2. The first-order chi connectivity index (χ1) is 9.84. The zero-order valence-corrected chi connectivity index (χ0v) is 11.6. The van der Waals surface area contributed by atoms with Gasteiger partial charge in [0.1, 0.15) is 5.82 Å². The molecule has 1 amide bonds. The lowest BCUT2D eigenvalue weighted by molar-refractivity contribution is -0.112. The number of carbonyl (C=O) groups is 1. The van der Waals surface area contributed by atoms with E-state index in [1.54, 1.807) is 0 Å². The molecule has 21 heavy (non-hydrogen) atoms. The van der Waals surface area contributed by atoms with Crippen LogP contribution in [0.5, 0.6) is 0 Å². The Morgan fingerprint density at radius 3 is 2.52 bits per heavy atom. The molecule has 0 fully saturated rings. The Labute approximate surface area is 119 Å². The van der Waals surface area contributed by atoms with Crippen LogP contribution in [0, 0.1) is 5.82 Å². The number of hydrogen-bond acceptors (Lipinski definition) is 6. The van der Waals surface area contributed by atoms with Crippen molar-refractivity contribution in [3.05, 3.63) is 41.7 Å². The molecule has 0 bridgehead atoms. The van der Waals surface area contributed by atoms with Crippen LogP contribution in [0.2, 0.25) is 0 Å². The van der Waals surface area contributed by atoms with Crippen molar-refractivity contribution < 1.29 is 22.0 Å². The summed E-state index contributed by atoms with van der Waals surface area (Å²) in [4.78, 5) is 11.6. The topological polar surface area (TPSA) is 102 Å². The Hall–Kier alpha value is -2.55. The summed E-state index contributed by atoms with van der Waals surface area (Å²) >= 11 is 0. The van der Waals surface area contributed by atoms with E-state index in [2.05, 4.69) is 15.5 Å². The molecule has 0 aliphatic carbocycles. The Morgan fingerprint density at radius 1 is 1.29 bits per heavy atom. The Kier molecular flexibility index (Phi) is 4.13. The van der Waals surface area contributed by atoms with Crippen molar-refractivity contribution in [3.8, 4) is 0 Å². The normalized spacial score (nSPS) is 11.7. The van der Waals surface area contributed by atoms with Gasteiger partial charge in [-0.05, 0) is 23.8 Å². The standard InChI is InChI=1S/C12H10FN3O4S/c1-21(18,19)12-16-15-11(20-12)14-10(17)7-4-8-2-5-9(13)6-3-8/h2-7H,1H3,(H,14,15,17)/b7-4+. The number of anilines is 1. The predicted octanol–water partition coefficient (Wildman–Crippen LogP) is 1.26. The SMILES string of the molecule is CS(=O)(=O)c1nnc(NC(=O)/C=C/c2ccc(F)cc2)o1. The van der Waals surface area contributed by atoms with Gasteiger partial charge in [-0.3, -0.25) is 10.1 Å². The first-order valence-corrected chi connectivity index (χ1v) is 7.52. The smallest absolute Gasteiger partial charge is 0.336 e. The van der Waals surface area contributed by atoms with Crippen molar-refractivity contribution in [2.45, 2.75) is 5.22 Å². The molecular formula is C12H10FN3O4S. The number of carbonyl (C=O) groups excluding carboxylic acids is 1. The molecule has 0 saturated carbocycles. The minimum atomic E-state index is -3.62. The van der Waals surface area contributed by atoms with Gasteiger partial charge in [-0.2, -0.15) is 0 Å². The third-order valence-electron chi connectivity index (χ3n) is 2.25. The van der Waals surface area contributed by atoms with Crippen LogP contribution >= 0.6 is 0 Å². The summed E-state index contributed by atoms with van der Waals surface area (Å²) < 4.78 is 39.7. The average molecular weight is 311 g/mol. The third-order valence-corrected chi connectivity index (χ3v) is 3.05. The Bertz CT molecular complexity index is 781. The van der Waals surface area contributed by atoms with E-state index in [1.165, 1.54) is 30.3 Å². The largest absolute Gasteiger partial charge is 0.394 e. The van der Waals surface area contributed by atoms with Crippen molar-refractivity contribution >= 4 is 27.8 Å². The minimum absolute atomic E-state index is 0.329. The maximum Gasteiger partial charge on any atom is 0.336 e. The second kappa shape index (κ2) is 5.83. The molecule has 0 unspecified atom stereocenters. The zero-order chi connectivity index (χ0) is 15.5. The lowest BCUT2D eigenvalue weighted by Crippen LogP contribution is -2.07. The van der Waals surface area contributed by atoms with Crippen molar-refractivity contribution in [3.63, 3.8) is 0 Å². The number of hydrogen-bond donors (Lipinski definition) is 1. The molecule has 1 heterocycles. The first kappa shape index (κ1) is 14.9. The summed E-state index contributed by atoms with van der Waals surface area (Å²) in [5.74, 6) is -0.973. The number of halogens is 1. The van der Waals surface area contributed by atoms with E-state index in [-0.39, 0.29) is 11.8 Å². The van der Waals surface area contributed by atoms with Crippen LogP contribution in [-0.4, -0.2) is 30.8 Å². The first-order valence-electron chi connectivity index (χ1n) is 5.63. The molecule has 0 aliphatic rings. The van der Waals surface area contributed by atoms with Gasteiger partial charge < -0.3 is 4.42 Å². The Balaban J connectivity index is 2.02. The van der Waals surface area contributed by atoms with Crippen LogP contribution in [0.15, 0.2) is 40.0 Å². The van der Waals surface area contributed by atoms with Crippen LogP contribution < -0.4 is 5.32 Å². The number of amides is 1. The molecule has 9 heteroatoms. The van der Waals surface area contributed by atoms with E-state index in [0.717, 1.165) is 12.3 Å². The van der Waals surface area contributed by atoms with Crippen LogP contribution in [0.3, 0.4) is 0 Å². The molecular weight excluding hydrogens is 301 g/mol. The summed E-state index contributed by atoms with van der Waals surface area (Å²) in [6.07, 6.45) is 3.51. The maximum absolute atomic E-state index is 12.7. The number of nitrogens with one attached hydrogen (secondary N) is 1. The fraction of sp³-hybridized carbons (Fsp3) is 0.0833. The summed E-state index contributed by atoms with van der Waals surface area (Å²) in [6.45, 7) is 0. The maximum atomic E-state index is 12.7. The van der Waals surface area contributed by atoms with E-state index >= 15 is 0 Å². The highest BCUT2D eigenvalue weighted by atomic mass is 32.2. The van der Waals surface area contributed by atoms with Crippen molar-refractivity contribution in [1.82, 2.24) is 10.2 Å². The van der Waals surface area contributed by atoms with Crippen LogP contribution in [0.4, 0.5) is 10.4 Å². The van der Waals surface area contributed by atoms with Gasteiger partial charge in [0, 0.05) is 12.3 Å². The molecule has 0 saturated heterocycles. The summed E-state index contributed by atoms with van der Waals surface area (Å²) in [7, 11) is -3.62. The fourth-order valence-corrected chi connectivity index (χ4v) is 1.72. The van der Waals surface area contributed by atoms with Crippen LogP contribution in [0.1, 0.15) is 5.56 Å². The molecule has 110 valence electrons. The van der Waals surface area contributed by atoms with E-state index in [4.69, 9.17) is 4.42 Å². The van der Waals surface area contributed by atoms with E-state index in [1.807, 2.05) is 0 Å². The molecule has 1 N–H and O–H groups in total. The predicted molar refractivity (Wildman–Crippen MR) is 71.5 cm³/mol. The lowest BCUT2D eigenvalue weighted by atomic mass is 10.2. The van der Waals surface area contributed by atoms with Crippen molar-refractivity contribution in [1.29, 1.82) is 0 Å². The highest BCUT2D eigenvalue weighted by molar-refractivity contribution is 7.90. The Morgan fingerprint density at radius 2 is 1.95 bits per heavy atom. The summed E-state index contributed by atoms with van der Waals surface area (Å²) in [5, 5.41) is 8.29. The molecule has 1 aromatic carbocycles.